The lowest BCUT2D eigenvalue weighted by atomic mass is 10.0. The molecule has 0 amide bonds. The second-order valence-corrected chi connectivity index (χ2v) is 9.31. The molecule has 0 aliphatic rings. The van der Waals surface area contributed by atoms with Crippen LogP contribution in [0, 0.1) is 11.8 Å². The van der Waals surface area contributed by atoms with Gasteiger partial charge in [-0.2, -0.15) is 10.2 Å². The Morgan fingerprint density at radius 3 is 2.49 bits per heavy atom. The van der Waals surface area contributed by atoms with E-state index in [1.54, 1.807) is 22.5 Å². The van der Waals surface area contributed by atoms with Crippen LogP contribution < -0.4 is 16.9 Å². The van der Waals surface area contributed by atoms with Gasteiger partial charge in [-0.1, -0.05) is 42.2 Å². The first-order valence-electron chi connectivity index (χ1n) is 12.3. The van der Waals surface area contributed by atoms with Crippen LogP contribution in [0.4, 0.5) is 5.82 Å². The molecular formula is C29H24N8O2. The van der Waals surface area contributed by atoms with Crippen LogP contribution in [-0.4, -0.2) is 33.7 Å². The summed E-state index contributed by atoms with van der Waals surface area (Å²) in [5.41, 5.74) is 8.50. The van der Waals surface area contributed by atoms with Crippen molar-refractivity contribution in [2.75, 3.05) is 5.73 Å². The Kier molecular flexibility index (Phi) is 5.61. The van der Waals surface area contributed by atoms with Crippen LogP contribution in [0.3, 0.4) is 0 Å². The Labute approximate surface area is 222 Å². The highest BCUT2D eigenvalue weighted by Crippen LogP contribution is 2.25. The van der Waals surface area contributed by atoms with Gasteiger partial charge in [-0.25, -0.2) is 9.67 Å². The van der Waals surface area contributed by atoms with Crippen LogP contribution >= 0.6 is 0 Å². The smallest absolute Gasteiger partial charge is 0.267 e. The number of fused-ring (bicyclic) bond motifs is 2. The number of pyridine rings is 1. The van der Waals surface area contributed by atoms with E-state index in [2.05, 4.69) is 27.0 Å². The number of rotatable bonds is 3. The second kappa shape index (κ2) is 9.15. The quantitative estimate of drug-likeness (QED) is 0.362. The molecule has 10 heteroatoms. The zero-order chi connectivity index (χ0) is 27.3. The Balaban J connectivity index is 1.61. The number of anilines is 1. The van der Waals surface area contributed by atoms with E-state index in [-0.39, 0.29) is 22.3 Å². The van der Waals surface area contributed by atoms with Gasteiger partial charge < -0.3 is 5.73 Å². The largest absolute Gasteiger partial charge is 0.381 e. The summed E-state index contributed by atoms with van der Waals surface area (Å²) < 4.78 is 6.26. The van der Waals surface area contributed by atoms with Gasteiger partial charge in [0.1, 0.15) is 11.7 Å². The molecule has 0 saturated carbocycles. The van der Waals surface area contributed by atoms with Gasteiger partial charge in [-0.05, 0) is 36.6 Å². The average molecular weight is 517 g/mol. The molecule has 192 valence electrons. The van der Waals surface area contributed by atoms with Gasteiger partial charge in [0.25, 0.3) is 11.1 Å². The fourth-order valence-corrected chi connectivity index (χ4v) is 4.87. The van der Waals surface area contributed by atoms with Crippen LogP contribution in [0.5, 0.6) is 0 Å². The van der Waals surface area contributed by atoms with Crippen LogP contribution in [0.25, 0.3) is 27.5 Å². The molecule has 0 aliphatic heterocycles. The first-order chi connectivity index (χ1) is 18.8. The molecule has 4 heterocycles. The Morgan fingerprint density at radius 2 is 1.74 bits per heavy atom. The number of nitrogens with two attached hydrogens (primary N) is 1. The highest BCUT2D eigenvalue weighted by molar-refractivity contribution is 5.88. The molecule has 1 unspecified atom stereocenters. The van der Waals surface area contributed by atoms with E-state index < -0.39 is 6.04 Å². The predicted molar refractivity (Wildman–Crippen MR) is 150 cm³/mol. The standard InChI is InChI=1S/C29H24N8O2/c1-18(36-17-31-27-25(28(36)38)26(30)33-35(27)3)23-14-21-9-7-8-20(13-12-19-15-32-34(2)16-19)24(21)29(39)37(23)22-10-5-4-6-11-22/h4-11,14-18H,1-3H3,(H2,30,33). The maximum absolute atomic E-state index is 14.2. The Morgan fingerprint density at radius 1 is 0.949 bits per heavy atom. The summed E-state index contributed by atoms with van der Waals surface area (Å²) in [7, 11) is 3.51. The van der Waals surface area contributed by atoms with Gasteiger partial charge in [-0.15, -0.1) is 0 Å². The van der Waals surface area contributed by atoms with E-state index >= 15 is 0 Å². The highest BCUT2D eigenvalue weighted by Gasteiger charge is 2.22. The summed E-state index contributed by atoms with van der Waals surface area (Å²) >= 11 is 0. The van der Waals surface area contributed by atoms with E-state index in [9.17, 15) is 9.59 Å². The molecule has 0 bridgehead atoms. The van der Waals surface area contributed by atoms with Gasteiger partial charge in [0, 0.05) is 37.2 Å². The fourth-order valence-electron chi connectivity index (χ4n) is 4.87. The summed E-state index contributed by atoms with van der Waals surface area (Å²) in [6.07, 6.45) is 4.96. The molecule has 1 atom stereocenters. The van der Waals surface area contributed by atoms with Crippen molar-refractivity contribution >= 4 is 27.6 Å². The first-order valence-corrected chi connectivity index (χ1v) is 12.3. The molecule has 6 aromatic rings. The summed E-state index contributed by atoms with van der Waals surface area (Å²) in [6, 6.07) is 16.3. The Bertz CT molecular complexity index is 2070. The van der Waals surface area contributed by atoms with Gasteiger partial charge in [0.2, 0.25) is 0 Å². The molecule has 4 aromatic heterocycles. The summed E-state index contributed by atoms with van der Waals surface area (Å²) in [6.45, 7) is 1.85. The molecule has 0 spiro atoms. The number of hydrogen-bond donors (Lipinski definition) is 1. The molecule has 2 aromatic carbocycles. The van der Waals surface area contributed by atoms with Crippen molar-refractivity contribution in [1.29, 1.82) is 0 Å². The SMILES string of the molecule is CC(c1cc2cccc(C#Cc3cnn(C)c3)c2c(=O)n1-c1ccccc1)n1cnc2c(c(N)nn2C)c1=O. The third-order valence-electron chi connectivity index (χ3n) is 6.78. The van der Waals surface area contributed by atoms with Gasteiger partial charge >= 0.3 is 0 Å². The lowest BCUT2D eigenvalue weighted by Crippen LogP contribution is -2.30. The first kappa shape index (κ1) is 23.9. The molecule has 0 radical (unpaired) electrons. The Hall–Kier alpha value is -5.43. The number of nitrogen functional groups attached to an aromatic ring is 1. The van der Waals surface area contributed by atoms with Crippen molar-refractivity contribution in [2.24, 2.45) is 14.1 Å². The predicted octanol–water partition coefficient (Wildman–Crippen LogP) is 2.76. The minimum absolute atomic E-state index is 0.113. The van der Waals surface area contributed by atoms with Crippen LogP contribution in [0.2, 0.25) is 0 Å². The van der Waals surface area contributed by atoms with E-state index in [1.807, 2.05) is 74.8 Å². The van der Waals surface area contributed by atoms with E-state index in [0.29, 0.717) is 28.0 Å². The van der Waals surface area contributed by atoms with Crippen molar-refractivity contribution in [3.8, 4) is 17.5 Å². The number of benzene rings is 2. The number of aryl methyl sites for hydroxylation is 2. The maximum Gasteiger partial charge on any atom is 0.267 e. The average Bonchev–Trinajstić information content (AvgIpc) is 3.49. The van der Waals surface area contributed by atoms with Gasteiger partial charge in [0.05, 0.1) is 23.2 Å². The molecule has 10 nitrogen and oxygen atoms in total. The number of para-hydroxylation sites is 1. The van der Waals surface area contributed by atoms with Crippen LogP contribution in [0.15, 0.2) is 82.9 Å². The summed E-state index contributed by atoms with van der Waals surface area (Å²) in [4.78, 5) is 32.2. The number of hydrogen-bond acceptors (Lipinski definition) is 6. The van der Waals surface area contributed by atoms with Gasteiger partial charge in [-0.3, -0.25) is 23.4 Å². The van der Waals surface area contributed by atoms with E-state index in [1.165, 1.54) is 15.6 Å². The molecule has 39 heavy (non-hydrogen) atoms. The molecule has 0 saturated heterocycles. The highest BCUT2D eigenvalue weighted by atomic mass is 16.1. The van der Waals surface area contributed by atoms with Crippen LogP contribution in [-0.2, 0) is 14.1 Å². The number of aromatic nitrogens is 7. The van der Waals surface area contributed by atoms with Crippen molar-refractivity contribution in [2.45, 2.75) is 13.0 Å². The summed E-state index contributed by atoms with van der Waals surface area (Å²) in [5.74, 6) is 6.36. The van der Waals surface area contributed by atoms with Crippen molar-refractivity contribution in [1.82, 2.24) is 33.7 Å². The topological polar surface area (TPSA) is 119 Å². The van der Waals surface area contributed by atoms with Gasteiger partial charge in [0.15, 0.2) is 11.5 Å². The molecule has 0 aliphatic carbocycles. The fraction of sp³-hybridized carbons (Fsp3) is 0.138. The second-order valence-electron chi connectivity index (χ2n) is 9.31. The van der Waals surface area contributed by atoms with E-state index in [4.69, 9.17) is 5.73 Å². The molecule has 2 N–H and O–H groups in total. The minimum atomic E-state index is -0.559. The third kappa shape index (κ3) is 3.97. The minimum Gasteiger partial charge on any atom is -0.381 e. The zero-order valence-corrected chi connectivity index (χ0v) is 21.5. The molecular weight excluding hydrogens is 492 g/mol. The van der Waals surface area contributed by atoms with Crippen LogP contribution in [0.1, 0.15) is 29.8 Å². The lowest BCUT2D eigenvalue weighted by molar-refractivity contribution is 0.576. The lowest BCUT2D eigenvalue weighted by Gasteiger charge is -2.22. The van der Waals surface area contributed by atoms with E-state index in [0.717, 1.165) is 10.9 Å². The van der Waals surface area contributed by atoms with Crippen molar-refractivity contribution in [3.05, 3.63) is 111 Å². The maximum atomic E-state index is 14.2. The summed E-state index contributed by atoms with van der Waals surface area (Å²) in [5, 5.41) is 9.75. The van der Waals surface area contributed by atoms with Crippen molar-refractivity contribution < 1.29 is 0 Å². The number of nitrogens with zero attached hydrogens (tertiary/aromatic N) is 7. The molecule has 0 fully saturated rings. The zero-order valence-electron chi connectivity index (χ0n) is 21.5. The normalized spacial score (nSPS) is 12.0. The molecule has 6 rings (SSSR count). The monoisotopic (exact) mass is 516 g/mol. The van der Waals surface area contributed by atoms with Crippen molar-refractivity contribution in [3.63, 3.8) is 0 Å². The third-order valence-corrected chi connectivity index (χ3v) is 6.78.